The normalized spacial score (nSPS) is 12.6. The van der Waals surface area contributed by atoms with Gasteiger partial charge in [0.05, 0.1) is 5.25 Å². The Balaban J connectivity index is 1.72. The molecular weight excluding hydrogens is 320 g/mol. The topological polar surface area (TPSA) is 63.6 Å². The Bertz CT molecular complexity index is 823. The van der Waals surface area contributed by atoms with E-state index in [1.807, 2.05) is 35.8 Å². The number of ketones is 1. The van der Waals surface area contributed by atoms with Gasteiger partial charge in [0.2, 0.25) is 0 Å². The van der Waals surface area contributed by atoms with Crippen molar-refractivity contribution in [2.24, 2.45) is 0 Å². The number of hydrogen-bond acceptors (Lipinski definition) is 4. The lowest BCUT2D eigenvalue weighted by molar-refractivity contribution is 0.0995. The fraction of sp³-hybridized carbons (Fsp3) is 0.389. The van der Waals surface area contributed by atoms with Gasteiger partial charge < -0.3 is 9.55 Å². The van der Waals surface area contributed by atoms with E-state index >= 15 is 0 Å². The van der Waals surface area contributed by atoms with Crippen LogP contribution < -0.4 is 0 Å². The summed E-state index contributed by atoms with van der Waals surface area (Å²) in [6.07, 6.45) is 7.02. The van der Waals surface area contributed by atoms with E-state index in [0.29, 0.717) is 0 Å². The molecule has 0 saturated heterocycles. The van der Waals surface area contributed by atoms with Crippen molar-refractivity contribution in [2.45, 2.75) is 50.1 Å². The first-order valence-electron chi connectivity index (χ1n) is 8.35. The van der Waals surface area contributed by atoms with E-state index in [2.05, 4.69) is 22.1 Å². The molecule has 2 heterocycles. The highest BCUT2D eigenvalue weighted by atomic mass is 32.2. The number of benzene rings is 1. The van der Waals surface area contributed by atoms with E-state index in [9.17, 15) is 4.79 Å². The first-order valence-corrected chi connectivity index (χ1v) is 9.23. The van der Waals surface area contributed by atoms with Crippen LogP contribution in [0.4, 0.5) is 0 Å². The average molecular weight is 342 g/mol. The molecule has 6 heteroatoms. The predicted octanol–water partition coefficient (Wildman–Crippen LogP) is 4.31. The molecule has 126 valence electrons. The minimum Gasteiger partial charge on any atom is -0.360 e. The van der Waals surface area contributed by atoms with E-state index in [0.717, 1.165) is 34.6 Å². The van der Waals surface area contributed by atoms with Crippen LogP contribution in [-0.4, -0.2) is 30.8 Å². The van der Waals surface area contributed by atoms with Gasteiger partial charge in [-0.05, 0) is 19.4 Å². The van der Waals surface area contributed by atoms with Crippen molar-refractivity contribution in [1.82, 2.24) is 19.7 Å². The molecule has 0 spiro atoms. The predicted molar refractivity (Wildman–Crippen MR) is 97.5 cm³/mol. The summed E-state index contributed by atoms with van der Waals surface area (Å²) in [4.78, 5) is 16.0. The molecule has 5 nitrogen and oxygen atoms in total. The average Bonchev–Trinajstić information content (AvgIpc) is 3.21. The Morgan fingerprint density at radius 3 is 3.00 bits per heavy atom. The molecule has 0 fully saturated rings. The highest BCUT2D eigenvalue weighted by molar-refractivity contribution is 8.00. The number of unbranched alkanes of at least 4 members (excludes halogenated alkanes) is 2. The molecular formula is C18H22N4OS. The van der Waals surface area contributed by atoms with E-state index < -0.39 is 0 Å². The van der Waals surface area contributed by atoms with Crippen molar-refractivity contribution < 1.29 is 4.79 Å². The zero-order valence-corrected chi connectivity index (χ0v) is 14.8. The van der Waals surface area contributed by atoms with Crippen LogP contribution >= 0.6 is 11.8 Å². The third-order valence-corrected chi connectivity index (χ3v) is 5.18. The number of para-hydroxylation sites is 1. The number of thioether (sulfide) groups is 1. The molecule has 24 heavy (non-hydrogen) atoms. The standard InChI is InChI=1S/C18H22N4OS/c1-3-4-7-10-22-12-20-21-18(22)24-13(2)17(23)15-11-19-16-9-6-5-8-14(15)16/h5-6,8-9,11-13,19H,3-4,7,10H2,1-2H3/t13-/m0/s1. The van der Waals surface area contributed by atoms with Gasteiger partial charge in [0.1, 0.15) is 6.33 Å². The highest BCUT2D eigenvalue weighted by Gasteiger charge is 2.21. The monoisotopic (exact) mass is 342 g/mol. The summed E-state index contributed by atoms with van der Waals surface area (Å²) in [6.45, 7) is 5.01. The van der Waals surface area contributed by atoms with Gasteiger partial charge in [0.15, 0.2) is 10.9 Å². The van der Waals surface area contributed by atoms with Crippen molar-refractivity contribution in [3.8, 4) is 0 Å². The molecule has 3 aromatic rings. The number of aromatic amines is 1. The molecule has 0 bridgehead atoms. The van der Waals surface area contributed by atoms with Crippen molar-refractivity contribution in [3.63, 3.8) is 0 Å². The van der Waals surface area contributed by atoms with Crippen LogP contribution in [0, 0.1) is 0 Å². The fourth-order valence-electron chi connectivity index (χ4n) is 2.73. The summed E-state index contributed by atoms with van der Waals surface area (Å²) >= 11 is 1.48. The number of carbonyl (C=O) groups is 1. The molecule has 3 rings (SSSR count). The van der Waals surface area contributed by atoms with E-state index in [4.69, 9.17) is 0 Å². The summed E-state index contributed by atoms with van der Waals surface area (Å²) < 4.78 is 2.04. The summed E-state index contributed by atoms with van der Waals surface area (Å²) in [5.74, 6) is 0.112. The Hall–Kier alpha value is -2.08. The van der Waals surface area contributed by atoms with E-state index in [-0.39, 0.29) is 11.0 Å². The lowest BCUT2D eigenvalue weighted by atomic mass is 10.1. The molecule has 0 aliphatic heterocycles. The Kier molecular flexibility index (Phi) is 5.35. The Morgan fingerprint density at radius 1 is 1.33 bits per heavy atom. The fourth-order valence-corrected chi connectivity index (χ4v) is 3.65. The second-order valence-corrected chi connectivity index (χ2v) is 7.19. The van der Waals surface area contributed by atoms with E-state index in [1.165, 1.54) is 24.6 Å². The van der Waals surface area contributed by atoms with Crippen molar-refractivity contribution in [1.29, 1.82) is 0 Å². The third-order valence-electron chi connectivity index (χ3n) is 4.09. The molecule has 1 aromatic carbocycles. The van der Waals surface area contributed by atoms with Gasteiger partial charge in [0.25, 0.3) is 0 Å². The van der Waals surface area contributed by atoms with Crippen molar-refractivity contribution in [2.75, 3.05) is 0 Å². The number of rotatable bonds is 8. The zero-order valence-electron chi connectivity index (χ0n) is 14.0. The Morgan fingerprint density at radius 2 is 2.17 bits per heavy atom. The van der Waals surface area contributed by atoms with Gasteiger partial charge in [-0.25, -0.2) is 0 Å². The number of H-pyrrole nitrogens is 1. The van der Waals surface area contributed by atoms with Gasteiger partial charge in [-0.2, -0.15) is 0 Å². The number of Topliss-reactive ketones (excluding diaryl/α,β-unsaturated/α-hetero) is 1. The number of carbonyl (C=O) groups excluding carboxylic acids is 1. The van der Waals surface area contributed by atoms with E-state index in [1.54, 1.807) is 12.5 Å². The molecule has 0 amide bonds. The maximum Gasteiger partial charge on any atom is 0.191 e. The zero-order chi connectivity index (χ0) is 16.9. The summed E-state index contributed by atoms with van der Waals surface area (Å²) in [6, 6.07) is 7.87. The molecule has 2 aromatic heterocycles. The molecule has 0 saturated carbocycles. The minimum atomic E-state index is -0.210. The van der Waals surface area contributed by atoms with Crippen molar-refractivity contribution in [3.05, 3.63) is 42.4 Å². The van der Waals surface area contributed by atoms with Crippen LogP contribution in [0.5, 0.6) is 0 Å². The largest absolute Gasteiger partial charge is 0.360 e. The van der Waals surface area contributed by atoms with Crippen LogP contribution in [0.3, 0.4) is 0 Å². The van der Waals surface area contributed by atoms with Crippen LogP contribution in [-0.2, 0) is 6.54 Å². The maximum atomic E-state index is 12.8. The second kappa shape index (κ2) is 7.66. The lowest BCUT2D eigenvalue weighted by Gasteiger charge is -2.10. The number of aryl methyl sites for hydroxylation is 1. The highest BCUT2D eigenvalue weighted by Crippen LogP contribution is 2.27. The smallest absolute Gasteiger partial charge is 0.191 e. The van der Waals surface area contributed by atoms with Crippen LogP contribution in [0.2, 0.25) is 0 Å². The molecule has 0 radical (unpaired) electrons. The summed E-state index contributed by atoms with van der Waals surface area (Å²) in [7, 11) is 0. The number of fused-ring (bicyclic) bond motifs is 1. The number of nitrogens with zero attached hydrogens (tertiary/aromatic N) is 3. The molecule has 1 atom stereocenters. The maximum absolute atomic E-state index is 12.8. The first-order chi connectivity index (χ1) is 11.7. The van der Waals surface area contributed by atoms with Crippen LogP contribution in [0.15, 0.2) is 41.9 Å². The SMILES string of the molecule is CCCCCn1cnnc1S[C@@H](C)C(=O)c1c[nH]c2ccccc12. The molecule has 0 unspecified atom stereocenters. The number of nitrogens with one attached hydrogen (secondary N) is 1. The van der Waals surface area contributed by atoms with Crippen LogP contribution in [0.1, 0.15) is 43.5 Å². The lowest BCUT2D eigenvalue weighted by Crippen LogP contribution is -2.14. The summed E-state index contributed by atoms with van der Waals surface area (Å²) in [5.41, 5.74) is 1.73. The van der Waals surface area contributed by atoms with Gasteiger partial charge in [-0.3, -0.25) is 4.79 Å². The van der Waals surface area contributed by atoms with Crippen LogP contribution in [0.25, 0.3) is 10.9 Å². The van der Waals surface area contributed by atoms with Gasteiger partial charge in [0, 0.05) is 29.2 Å². The third kappa shape index (κ3) is 3.53. The summed E-state index contributed by atoms with van der Waals surface area (Å²) in [5, 5.41) is 9.75. The van der Waals surface area contributed by atoms with Gasteiger partial charge >= 0.3 is 0 Å². The first kappa shape index (κ1) is 16.8. The molecule has 0 aliphatic carbocycles. The Labute approximate surface area is 145 Å². The minimum absolute atomic E-state index is 0.112. The number of hydrogen-bond donors (Lipinski definition) is 1. The molecule has 0 aliphatic rings. The van der Waals surface area contributed by atoms with Gasteiger partial charge in [-0.1, -0.05) is 49.7 Å². The van der Waals surface area contributed by atoms with Gasteiger partial charge in [-0.15, -0.1) is 10.2 Å². The second-order valence-electron chi connectivity index (χ2n) is 5.89. The quantitative estimate of drug-likeness (QED) is 0.376. The molecule has 1 N–H and O–H groups in total. The van der Waals surface area contributed by atoms with Crippen molar-refractivity contribution >= 4 is 28.4 Å². The number of aromatic nitrogens is 4.